The Morgan fingerprint density at radius 3 is 2.71 bits per heavy atom. The molecule has 0 aliphatic heterocycles. The maximum Gasteiger partial charge on any atom is 0.139 e. The Bertz CT molecular complexity index is 339. The van der Waals surface area contributed by atoms with E-state index in [0.29, 0.717) is 23.2 Å². The molecule has 1 aromatic carbocycles. The van der Waals surface area contributed by atoms with Crippen molar-refractivity contribution >= 4 is 15.9 Å². The summed E-state index contributed by atoms with van der Waals surface area (Å²) in [7, 11) is 1.58. The van der Waals surface area contributed by atoms with Gasteiger partial charge >= 0.3 is 0 Å². The van der Waals surface area contributed by atoms with Crippen molar-refractivity contribution in [3.63, 3.8) is 0 Å². The average molecular weight is 260 g/mol. The van der Waals surface area contributed by atoms with Crippen molar-refractivity contribution in [2.75, 3.05) is 13.7 Å². The number of ether oxygens (including phenoxy) is 1. The number of aryl methyl sites for hydroxylation is 1. The number of hydrogen-bond acceptors (Lipinski definition) is 3. The fourth-order valence-corrected chi connectivity index (χ4v) is 2.14. The Hall–Kier alpha value is -0.740. The van der Waals surface area contributed by atoms with Crippen LogP contribution in [0.5, 0.6) is 11.5 Å². The van der Waals surface area contributed by atoms with Gasteiger partial charge in [-0.3, -0.25) is 0 Å². The van der Waals surface area contributed by atoms with Crippen molar-refractivity contribution in [2.24, 2.45) is 5.73 Å². The molecule has 4 heteroatoms. The van der Waals surface area contributed by atoms with Gasteiger partial charge in [-0.15, -0.1) is 0 Å². The van der Waals surface area contributed by atoms with Gasteiger partial charge in [-0.05, 0) is 53.0 Å². The van der Waals surface area contributed by atoms with Crippen molar-refractivity contribution in [1.29, 1.82) is 0 Å². The topological polar surface area (TPSA) is 55.5 Å². The first-order valence-electron chi connectivity index (χ1n) is 4.36. The Balaban J connectivity index is 3.25. The monoisotopic (exact) mass is 259 g/mol. The summed E-state index contributed by atoms with van der Waals surface area (Å²) >= 11 is 3.30. The van der Waals surface area contributed by atoms with Crippen LogP contribution in [0, 0.1) is 6.92 Å². The van der Waals surface area contributed by atoms with Crippen LogP contribution in [0.2, 0.25) is 0 Å². The van der Waals surface area contributed by atoms with Gasteiger partial charge in [0.1, 0.15) is 16.0 Å². The summed E-state index contributed by atoms with van der Waals surface area (Å²) in [6.45, 7) is 2.45. The molecule has 0 unspecified atom stereocenters. The summed E-state index contributed by atoms with van der Waals surface area (Å²) < 4.78 is 5.75. The predicted octanol–water partition coefficient (Wildman–Crippen LogP) is 1.97. The zero-order chi connectivity index (χ0) is 10.7. The first-order chi connectivity index (χ1) is 6.61. The van der Waals surface area contributed by atoms with Gasteiger partial charge in [-0.1, -0.05) is 0 Å². The summed E-state index contributed by atoms with van der Waals surface area (Å²) in [6.07, 6.45) is 0.662. The zero-order valence-electron chi connectivity index (χ0n) is 8.30. The number of nitrogens with two attached hydrogens (primary N) is 1. The Kier molecular flexibility index (Phi) is 3.77. The van der Waals surface area contributed by atoms with Gasteiger partial charge in [0.2, 0.25) is 0 Å². The SMILES string of the molecule is COc1c(C)cc(CCN)c(O)c1Br. The van der Waals surface area contributed by atoms with E-state index < -0.39 is 0 Å². The van der Waals surface area contributed by atoms with E-state index in [-0.39, 0.29) is 5.75 Å². The van der Waals surface area contributed by atoms with Crippen LogP contribution >= 0.6 is 15.9 Å². The molecule has 0 bridgehead atoms. The Labute approximate surface area is 92.0 Å². The van der Waals surface area contributed by atoms with Gasteiger partial charge in [0, 0.05) is 0 Å². The summed E-state index contributed by atoms with van der Waals surface area (Å²) in [4.78, 5) is 0. The van der Waals surface area contributed by atoms with Crippen LogP contribution in [0.15, 0.2) is 10.5 Å². The molecule has 1 rings (SSSR count). The van der Waals surface area contributed by atoms with Crippen molar-refractivity contribution in [3.8, 4) is 11.5 Å². The van der Waals surface area contributed by atoms with Crippen LogP contribution in [0.1, 0.15) is 11.1 Å². The summed E-state index contributed by atoms with van der Waals surface area (Å²) in [5, 5.41) is 9.78. The summed E-state index contributed by atoms with van der Waals surface area (Å²) in [5.41, 5.74) is 7.27. The smallest absolute Gasteiger partial charge is 0.139 e. The van der Waals surface area contributed by atoms with E-state index in [2.05, 4.69) is 15.9 Å². The maximum absolute atomic E-state index is 9.78. The number of hydrogen-bond donors (Lipinski definition) is 2. The second kappa shape index (κ2) is 4.66. The number of halogens is 1. The van der Waals surface area contributed by atoms with Gasteiger partial charge in [0.15, 0.2) is 0 Å². The lowest BCUT2D eigenvalue weighted by Gasteiger charge is -2.12. The van der Waals surface area contributed by atoms with Crippen LogP contribution in [-0.2, 0) is 6.42 Å². The molecule has 0 atom stereocenters. The molecule has 1 aromatic rings. The minimum atomic E-state index is 0.220. The standard InChI is InChI=1S/C10H14BrNO2/c1-6-5-7(3-4-12)9(13)8(11)10(6)14-2/h5,13H,3-4,12H2,1-2H3. The van der Waals surface area contributed by atoms with E-state index >= 15 is 0 Å². The number of methoxy groups -OCH3 is 1. The van der Waals surface area contributed by atoms with E-state index in [1.165, 1.54) is 0 Å². The van der Waals surface area contributed by atoms with E-state index in [4.69, 9.17) is 10.5 Å². The van der Waals surface area contributed by atoms with E-state index in [0.717, 1.165) is 11.1 Å². The average Bonchev–Trinajstić information content (AvgIpc) is 2.15. The van der Waals surface area contributed by atoms with Crippen LogP contribution in [0.4, 0.5) is 0 Å². The molecule has 0 saturated heterocycles. The molecule has 0 aliphatic carbocycles. The molecular formula is C10H14BrNO2. The molecule has 3 nitrogen and oxygen atoms in total. The Morgan fingerprint density at radius 2 is 2.21 bits per heavy atom. The summed E-state index contributed by atoms with van der Waals surface area (Å²) in [6, 6.07) is 1.89. The van der Waals surface area contributed by atoms with Crippen LogP contribution in [0.25, 0.3) is 0 Å². The fourth-order valence-electron chi connectivity index (χ4n) is 1.41. The first-order valence-corrected chi connectivity index (χ1v) is 5.16. The minimum Gasteiger partial charge on any atom is -0.506 e. The third kappa shape index (κ3) is 2.01. The summed E-state index contributed by atoms with van der Waals surface area (Å²) in [5.74, 6) is 0.890. The van der Waals surface area contributed by atoms with E-state index in [1.54, 1.807) is 7.11 Å². The van der Waals surface area contributed by atoms with Crippen molar-refractivity contribution < 1.29 is 9.84 Å². The molecule has 0 amide bonds. The van der Waals surface area contributed by atoms with Gasteiger partial charge in [0.05, 0.1) is 7.11 Å². The largest absolute Gasteiger partial charge is 0.506 e. The second-order valence-electron chi connectivity index (χ2n) is 3.09. The van der Waals surface area contributed by atoms with E-state index in [9.17, 15) is 5.11 Å². The third-order valence-corrected chi connectivity index (χ3v) is 2.81. The van der Waals surface area contributed by atoms with Crippen molar-refractivity contribution in [1.82, 2.24) is 0 Å². The highest BCUT2D eigenvalue weighted by Crippen LogP contribution is 2.39. The lowest BCUT2D eigenvalue weighted by molar-refractivity contribution is 0.399. The maximum atomic E-state index is 9.78. The van der Waals surface area contributed by atoms with Gasteiger partial charge in [0.25, 0.3) is 0 Å². The number of aromatic hydroxyl groups is 1. The molecule has 0 aromatic heterocycles. The van der Waals surface area contributed by atoms with Crippen molar-refractivity contribution in [3.05, 3.63) is 21.7 Å². The van der Waals surface area contributed by atoms with Crippen LogP contribution in [-0.4, -0.2) is 18.8 Å². The fraction of sp³-hybridized carbons (Fsp3) is 0.400. The second-order valence-corrected chi connectivity index (χ2v) is 3.88. The molecule has 0 aliphatic rings. The Morgan fingerprint density at radius 1 is 1.57 bits per heavy atom. The zero-order valence-corrected chi connectivity index (χ0v) is 9.89. The third-order valence-electron chi connectivity index (χ3n) is 2.08. The first kappa shape index (κ1) is 11.3. The molecular weight excluding hydrogens is 246 g/mol. The normalized spacial score (nSPS) is 10.3. The minimum absolute atomic E-state index is 0.220. The molecule has 0 heterocycles. The highest BCUT2D eigenvalue weighted by atomic mass is 79.9. The van der Waals surface area contributed by atoms with Crippen LogP contribution in [0.3, 0.4) is 0 Å². The number of phenolic OH excluding ortho intramolecular Hbond substituents is 1. The van der Waals surface area contributed by atoms with Crippen LogP contribution < -0.4 is 10.5 Å². The number of phenols is 1. The highest BCUT2D eigenvalue weighted by Gasteiger charge is 2.13. The lowest BCUT2D eigenvalue weighted by atomic mass is 10.1. The van der Waals surface area contributed by atoms with Gasteiger partial charge in [-0.25, -0.2) is 0 Å². The molecule has 14 heavy (non-hydrogen) atoms. The quantitative estimate of drug-likeness (QED) is 0.873. The molecule has 3 N–H and O–H groups in total. The van der Waals surface area contributed by atoms with E-state index in [1.807, 2.05) is 13.0 Å². The molecule has 0 saturated carbocycles. The molecule has 0 radical (unpaired) electrons. The molecule has 0 spiro atoms. The molecule has 0 fully saturated rings. The number of benzene rings is 1. The number of rotatable bonds is 3. The predicted molar refractivity (Wildman–Crippen MR) is 59.9 cm³/mol. The molecule has 78 valence electrons. The highest BCUT2D eigenvalue weighted by molar-refractivity contribution is 9.10. The van der Waals surface area contributed by atoms with Gasteiger partial charge in [-0.2, -0.15) is 0 Å². The van der Waals surface area contributed by atoms with Gasteiger partial charge < -0.3 is 15.6 Å². The lowest BCUT2D eigenvalue weighted by Crippen LogP contribution is -2.04. The van der Waals surface area contributed by atoms with Crippen molar-refractivity contribution in [2.45, 2.75) is 13.3 Å².